The number of thiazole rings is 1. The molecule has 0 aliphatic carbocycles. The van der Waals surface area contributed by atoms with Gasteiger partial charge in [-0.2, -0.15) is 0 Å². The molecule has 0 atom stereocenters. The highest BCUT2D eigenvalue weighted by molar-refractivity contribution is 7.22. The zero-order chi connectivity index (χ0) is 15.1. The van der Waals surface area contributed by atoms with Gasteiger partial charge in [-0.05, 0) is 20.8 Å². The molecule has 0 fully saturated rings. The molecule has 1 amide bonds. The number of hydrogen-bond acceptors (Lipinski definition) is 4. The maximum Gasteiger partial charge on any atom is 0.413 e. The van der Waals surface area contributed by atoms with E-state index in [2.05, 4.69) is 10.3 Å². The summed E-state index contributed by atoms with van der Waals surface area (Å²) in [6, 6.07) is 0.120. The third-order valence-electron chi connectivity index (χ3n) is 1.94. The Bertz CT molecular complexity index is 682. The van der Waals surface area contributed by atoms with Gasteiger partial charge >= 0.3 is 6.09 Å². The number of nitrogens with one attached hydrogen (secondary N) is 1. The standard InChI is InChI=1S/C12H12F2N2O2S/c1-12(2,3)18-11(17)16-10-15-8-5-6(13)4-7(14)9(8)19-10/h4-5H,1-3H3,(H,15,16,17)/i5D. The van der Waals surface area contributed by atoms with Gasteiger partial charge in [-0.25, -0.2) is 18.6 Å². The Morgan fingerprint density at radius 1 is 1.53 bits per heavy atom. The number of amides is 1. The molecule has 0 bridgehead atoms. The van der Waals surface area contributed by atoms with Crippen LogP contribution in [0.2, 0.25) is 0 Å². The van der Waals surface area contributed by atoms with Gasteiger partial charge in [-0.15, -0.1) is 0 Å². The summed E-state index contributed by atoms with van der Waals surface area (Å²) in [7, 11) is 0. The van der Waals surface area contributed by atoms with E-state index < -0.39 is 29.4 Å². The third-order valence-corrected chi connectivity index (χ3v) is 2.92. The van der Waals surface area contributed by atoms with Crippen LogP contribution in [-0.2, 0) is 4.74 Å². The van der Waals surface area contributed by atoms with Gasteiger partial charge in [0.2, 0.25) is 0 Å². The second-order valence-electron chi connectivity index (χ2n) is 4.79. The molecule has 0 aliphatic heterocycles. The first-order valence-electron chi connectivity index (χ1n) is 5.92. The molecule has 1 heterocycles. The van der Waals surface area contributed by atoms with Crippen LogP contribution in [0.3, 0.4) is 0 Å². The van der Waals surface area contributed by atoms with Gasteiger partial charge in [0.05, 0.1) is 11.6 Å². The maximum atomic E-state index is 13.6. The number of anilines is 1. The zero-order valence-corrected chi connectivity index (χ0v) is 11.3. The lowest BCUT2D eigenvalue weighted by Crippen LogP contribution is -2.27. The van der Waals surface area contributed by atoms with Crippen LogP contribution in [-0.4, -0.2) is 16.7 Å². The molecule has 2 rings (SSSR count). The van der Waals surface area contributed by atoms with Crippen LogP contribution in [0.25, 0.3) is 10.2 Å². The lowest BCUT2D eigenvalue weighted by atomic mass is 10.2. The Morgan fingerprint density at radius 3 is 2.84 bits per heavy atom. The first kappa shape index (κ1) is 12.3. The van der Waals surface area contributed by atoms with Crippen molar-refractivity contribution in [1.29, 1.82) is 0 Å². The van der Waals surface area contributed by atoms with Crippen LogP contribution in [0.4, 0.5) is 18.7 Å². The number of fused-ring (bicyclic) bond motifs is 1. The quantitative estimate of drug-likeness (QED) is 0.864. The predicted molar refractivity (Wildman–Crippen MR) is 69.4 cm³/mol. The number of ether oxygens (including phenoxy) is 1. The second kappa shape index (κ2) is 4.73. The van der Waals surface area contributed by atoms with Crippen LogP contribution in [0.15, 0.2) is 12.1 Å². The average molecular weight is 287 g/mol. The van der Waals surface area contributed by atoms with E-state index in [0.29, 0.717) is 6.07 Å². The molecule has 7 heteroatoms. The number of carbonyl (C=O) groups excluding carboxylic acids is 1. The summed E-state index contributed by atoms with van der Waals surface area (Å²) in [5.41, 5.74) is -0.808. The highest BCUT2D eigenvalue weighted by Gasteiger charge is 2.18. The minimum Gasteiger partial charge on any atom is -0.444 e. The van der Waals surface area contributed by atoms with E-state index >= 15 is 0 Å². The molecule has 0 unspecified atom stereocenters. The lowest BCUT2D eigenvalue weighted by molar-refractivity contribution is 0.0636. The fourth-order valence-electron chi connectivity index (χ4n) is 1.34. The van der Waals surface area contributed by atoms with Crippen LogP contribution in [0.5, 0.6) is 0 Å². The van der Waals surface area contributed by atoms with Crippen molar-refractivity contribution in [2.24, 2.45) is 0 Å². The summed E-state index contributed by atoms with van der Waals surface area (Å²) >= 11 is 0.816. The lowest BCUT2D eigenvalue weighted by Gasteiger charge is -2.18. The molecule has 0 spiro atoms. The number of aromatic nitrogens is 1. The molecule has 0 saturated heterocycles. The van der Waals surface area contributed by atoms with Gasteiger partial charge in [0.15, 0.2) is 5.13 Å². The summed E-state index contributed by atoms with van der Waals surface area (Å²) in [6.07, 6.45) is -0.746. The predicted octanol–water partition coefficient (Wildman–Crippen LogP) is 3.92. The molecule has 0 radical (unpaired) electrons. The van der Waals surface area contributed by atoms with Gasteiger partial charge in [0, 0.05) is 12.1 Å². The minimum atomic E-state index is -0.996. The van der Waals surface area contributed by atoms with E-state index in [1.165, 1.54) is 0 Å². The van der Waals surface area contributed by atoms with Gasteiger partial charge in [-0.3, -0.25) is 5.32 Å². The molecule has 4 nitrogen and oxygen atoms in total. The molecule has 0 aliphatic rings. The number of hydrogen-bond donors (Lipinski definition) is 1. The van der Waals surface area contributed by atoms with Crippen LogP contribution >= 0.6 is 11.3 Å². The van der Waals surface area contributed by atoms with E-state index in [1.54, 1.807) is 20.8 Å². The third kappa shape index (κ3) is 3.37. The minimum absolute atomic E-state index is 0.0162. The molecule has 1 N–H and O–H groups in total. The normalized spacial score (nSPS) is 12.4. The van der Waals surface area contributed by atoms with Crippen molar-refractivity contribution in [2.45, 2.75) is 26.4 Å². The molecule has 19 heavy (non-hydrogen) atoms. The topological polar surface area (TPSA) is 51.2 Å². The summed E-state index contributed by atoms with van der Waals surface area (Å²) < 4.78 is 39.3. The van der Waals surface area contributed by atoms with E-state index in [-0.39, 0.29) is 15.3 Å². The first-order chi connectivity index (χ1) is 9.17. The van der Waals surface area contributed by atoms with Crippen molar-refractivity contribution in [1.82, 2.24) is 4.98 Å². The van der Waals surface area contributed by atoms with Crippen molar-refractivity contribution in [3.63, 3.8) is 0 Å². The molecule has 2 aromatic rings. The van der Waals surface area contributed by atoms with Gasteiger partial charge < -0.3 is 4.74 Å². The van der Waals surface area contributed by atoms with Crippen LogP contribution in [0.1, 0.15) is 22.1 Å². The summed E-state index contributed by atoms with van der Waals surface area (Å²) in [5, 5.41) is 2.38. The molecular formula is C12H12F2N2O2S. The van der Waals surface area contributed by atoms with Crippen LogP contribution < -0.4 is 5.32 Å². The van der Waals surface area contributed by atoms with Gasteiger partial charge in [0.25, 0.3) is 0 Å². The Balaban J connectivity index is 2.31. The van der Waals surface area contributed by atoms with E-state index in [1.807, 2.05) is 0 Å². The Morgan fingerprint density at radius 2 is 2.21 bits per heavy atom. The van der Waals surface area contributed by atoms with Crippen molar-refractivity contribution in [3.05, 3.63) is 23.7 Å². The van der Waals surface area contributed by atoms with E-state index in [0.717, 1.165) is 11.3 Å². The van der Waals surface area contributed by atoms with Crippen molar-refractivity contribution in [3.8, 4) is 0 Å². The van der Waals surface area contributed by atoms with Gasteiger partial charge in [0.1, 0.15) is 17.2 Å². The Hall–Kier alpha value is -1.76. The second-order valence-corrected chi connectivity index (χ2v) is 5.79. The smallest absolute Gasteiger partial charge is 0.413 e. The van der Waals surface area contributed by atoms with E-state index in [9.17, 15) is 13.6 Å². The largest absolute Gasteiger partial charge is 0.444 e. The SMILES string of the molecule is [2H]c1c(F)cc(F)c2sc(NC(=O)OC(C)(C)C)nc12. The van der Waals surface area contributed by atoms with E-state index in [4.69, 9.17) is 6.11 Å². The fourth-order valence-corrected chi connectivity index (χ4v) is 2.15. The zero-order valence-electron chi connectivity index (χ0n) is 11.5. The molecular weight excluding hydrogens is 274 g/mol. The molecule has 0 saturated carbocycles. The molecule has 102 valence electrons. The molecule has 1 aromatic carbocycles. The number of rotatable bonds is 1. The monoisotopic (exact) mass is 287 g/mol. The highest BCUT2D eigenvalue weighted by Crippen LogP contribution is 2.29. The highest BCUT2D eigenvalue weighted by atomic mass is 32.1. The maximum absolute atomic E-state index is 13.6. The summed E-state index contributed by atoms with van der Waals surface area (Å²) in [6.45, 7) is 5.09. The van der Waals surface area contributed by atoms with Crippen LogP contribution in [0, 0.1) is 11.6 Å². The fraction of sp³-hybridized carbons (Fsp3) is 0.333. The number of carbonyl (C=O) groups is 1. The Kier molecular flexibility index (Phi) is 3.06. The van der Waals surface area contributed by atoms with Crippen molar-refractivity contribution < 1.29 is 19.7 Å². The summed E-state index contributed by atoms with van der Waals surface area (Å²) in [5.74, 6) is -1.81. The average Bonchev–Trinajstić information content (AvgIpc) is 2.67. The van der Waals surface area contributed by atoms with Gasteiger partial charge in [-0.1, -0.05) is 11.3 Å². The summed E-state index contributed by atoms with van der Waals surface area (Å²) in [4.78, 5) is 15.4. The Labute approximate surface area is 113 Å². The first-order valence-corrected chi connectivity index (χ1v) is 6.24. The number of halogens is 2. The van der Waals surface area contributed by atoms with Crippen molar-refractivity contribution in [2.75, 3.05) is 5.32 Å². The molecule has 1 aromatic heterocycles. The number of nitrogens with zero attached hydrogens (tertiary/aromatic N) is 1. The number of benzene rings is 1. The van der Waals surface area contributed by atoms with Crippen molar-refractivity contribution >= 4 is 32.8 Å².